The molecule has 0 saturated heterocycles. The van der Waals surface area contributed by atoms with Crippen molar-refractivity contribution in [2.45, 2.75) is 0 Å². The van der Waals surface area contributed by atoms with Gasteiger partial charge in [-0.05, 0) is 12.1 Å². The predicted molar refractivity (Wildman–Crippen MR) is 78.9 cm³/mol. The maximum atomic E-state index is 10.8. The van der Waals surface area contributed by atoms with Gasteiger partial charge < -0.3 is 5.73 Å². The highest BCUT2D eigenvalue weighted by Crippen LogP contribution is 2.15. The summed E-state index contributed by atoms with van der Waals surface area (Å²) in [7, 11) is 0. The molecular formula is C14H12BrN3O. The molecule has 0 radical (unpaired) electrons. The average Bonchev–Trinajstić information content (AvgIpc) is 2.42. The number of nitrogens with zero attached hydrogens (tertiary/aromatic N) is 1. The van der Waals surface area contributed by atoms with Crippen LogP contribution in [0.3, 0.4) is 0 Å². The third-order valence-electron chi connectivity index (χ3n) is 2.44. The molecule has 19 heavy (non-hydrogen) atoms. The molecule has 2 amide bonds. The molecule has 2 aromatic carbocycles. The molecule has 0 spiro atoms. The Balaban J connectivity index is 2.43. The van der Waals surface area contributed by atoms with E-state index in [1.165, 1.54) is 0 Å². The van der Waals surface area contributed by atoms with E-state index < -0.39 is 6.03 Å². The smallest absolute Gasteiger partial charge is 0.332 e. The fraction of sp³-hybridized carbons (Fsp3) is 0. The summed E-state index contributed by atoms with van der Waals surface area (Å²) in [6.07, 6.45) is 0. The largest absolute Gasteiger partial charge is 0.350 e. The second kappa shape index (κ2) is 6.15. The maximum Gasteiger partial charge on any atom is 0.332 e. The molecule has 2 aromatic rings. The van der Waals surface area contributed by atoms with Crippen molar-refractivity contribution in [3.05, 3.63) is 70.2 Å². The number of rotatable bonds is 3. The number of amides is 2. The lowest BCUT2D eigenvalue weighted by atomic mass is 10.0. The Morgan fingerprint density at radius 1 is 1.00 bits per heavy atom. The molecule has 0 aromatic heterocycles. The number of urea groups is 1. The lowest BCUT2D eigenvalue weighted by Crippen LogP contribution is -2.26. The van der Waals surface area contributed by atoms with Crippen molar-refractivity contribution in [1.29, 1.82) is 0 Å². The highest BCUT2D eigenvalue weighted by atomic mass is 79.9. The van der Waals surface area contributed by atoms with Crippen molar-refractivity contribution in [3.8, 4) is 0 Å². The number of benzene rings is 2. The lowest BCUT2D eigenvalue weighted by molar-refractivity contribution is 0.249. The van der Waals surface area contributed by atoms with Gasteiger partial charge in [-0.3, -0.25) is 0 Å². The van der Waals surface area contributed by atoms with Gasteiger partial charge in [-0.2, -0.15) is 5.10 Å². The summed E-state index contributed by atoms with van der Waals surface area (Å²) >= 11 is 3.38. The molecule has 0 aliphatic heterocycles. The van der Waals surface area contributed by atoms with Gasteiger partial charge in [0.1, 0.15) is 0 Å². The van der Waals surface area contributed by atoms with Gasteiger partial charge >= 0.3 is 6.03 Å². The standard InChI is InChI=1S/C14H12BrN3O/c15-12-8-6-11(7-9-12)13(17-18-14(16)19)10-4-2-1-3-5-10/h1-9H,(H3,16,18,19)/b17-13+. The van der Waals surface area contributed by atoms with Crippen LogP contribution in [-0.2, 0) is 0 Å². The van der Waals surface area contributed by atoms with Crippen LogP contribution in [0.2, 0.25) is 0 Å². The van der Waals surface area contributed by atoms with Gasteiger partial charge in [-0.15, -0.1) is 0 Å². The number of carbonyl (C=O) groups excluding carboxylic acids is 1. The summed E-state index contributed by atoms with van der Waals surface area (Å²) < 4.78 is 0.978. The van der Waals surface area contributed by atoms with Crippen molar-refractivity contribution in [3.63, 3.8) is 0 Å². The lowest BCUT2D eigenvalue weighted by Gasteiger charge is -2.07. The zero-order valence-corrected chi connectivity index (χ0v) is 11.6. The SMILES string of the molecule is NC(=O)N/N=C(\c1ccccc1)c1ccc(Br)cc1. The quantitative estimate of drug-likeness (QED) is 0.663. The second-order valence-electron chi connectivity index (χ2n) is 3.81. The molecule has 0 heterocycles. The van der Waals surface area contributed by atoms with E-state index in [0.29, 0.717) is 5.71 Å². The Bertz CT molecular complexity index is 594. The van der Waals surface area contributed by atoms with E-state index in [4.69, 9.17) is 5.73 Å². The summed E-state index contributed by atoms with van der Waals surface area (Å²) in [6, 6.07) is 16.6. The summed E-state index contributed by atoms with van der Waals surface area (Å²) in [4.78, 5) is 10.8. The number of carbonyl (C=O) groups is 1. The van der Waals surface area contributed by atoms with Crippen molar-refractivity contribution in [1.82, 2.24) is 5.43 Å². The topological polar surface area (TPSA) is 67.5 Å². The van der Waals surface area contributed by atoms with Gasteiger partial charge in [0.25, 0.3) is 0 Å². The van der Waals surface area contributed by atoms with Crippen molar-refractivity contribution in [2.24, 2.45) is 10.8 Å². The number of hydrazone groups is 1. The Hall–Kier alpha value is -2.14. The zero-order valence-electron chi connectivity index (χ0n) is 10.0. The number of hydrogen-bond acceptors (Lipinski definition) is 2. The normalized spacial score (nSPS) is 11.1. The molecule has 3 N–H and O–H groups in total. The molecule has 0 fully saturated rings. The van der Waals surface area contributed by atoms with Crippen molar-refractivity contribution >= 4 is 27.7 Å². The molecule has 0 aliphatic rings. The number of hydrogen-bond donors (Lipinski definition) is 2. The molecule has 0 bridgehead atoms. The van der Waals surface area contributed by atoms with Crippen LogP contribution in [0.4, 0.5) is 4.79 Å². The van der Waals surface area contributed by atoms with E-state index in [2.05, 4.69) is 26.5 Å². The van der Waals surface area contributed by atoms with Gasteiger partial charge in [0.15, 0.2) is 0 Å². The molecule has 0 atom stereocenters. The minimum Gasteiger partial charge on any atom is -0.350 e. The predicted octanol–water partition coefficient (Wildman–Crippen LogP) is 2.87. The van der Waals surface area contributed by atoms with E-state index in [9.17, 15) is 4.79 Å². The fourth-order valence-electron chi connectivity index (χ4n) is 1.61. The van der Waals surface area contributed by atoms with Crippen LogP contribution in [-0.4, -0.2) is 11.7 Å². The van der Waals surface area contributed by atoms with E-state index in [1.54, 1.807) is 0 Å². The highest BCUT2D eigenvalue weighted by molar-refractivity contribution is 9.10. The summed E-state index contributed by atoms with van der Waals surface area (Å²) in [6.45, 7) is 0. The van der Waals surface area contributed by atoms with Gasteiger partial charge in [-0.25, -0.2) is 10.2 Å². The van der Waals surface area contributed by atoms with E-state index in [-0.39, 0.29) is 0 Å². The number of primary amides is 1. The third kappa shape index (κ3) is 3.66. The zero-order chi connectivity index (χ0) is 13.7. The summed E-state index contributed by atoms with van der Waals surface area (Å²) in [5.74, 6) is 0. The van der Waals surface area contributed by atoms with Crippen molar-refractivity contribution < 1.29 is 4.79 Å². The first-order valence-corrected chi connectivity index (χ1v) is 6.40. The summed E-state index contributed by atoms with van der Waals surface area (Å²) in [5.41, 5.74) is 9.78. The van der Waals surface area contributed by atoms with Gasteiger partial charge in [-0.1, -0.05) is 58.4 Å². The van der Waals surface area contributed by atoms with Crippen molar-refractivity contribution in [2.75, 3.05) is 0 Å². The Morgan fingerprint density at radius 2 is 1.58 bits per heavy atom. The molecule has 0 saturated carbocycles. The first-order chi connectivity index (χ1) is 9.16. The van der Waals surface area contributed by atoms with Gasteiger partial charge in [0, 0.05) is 15.6 Å². The van der Waals surface area contributed by atoms with Gasteiger partial charge in [0.05, 0.1) is 5.71 Å². The molecule has 2 rings (SSSR count). The minimum atomic E-state index is -0.689. The Kier molecular flexibility index (Phi) is 4.30. The van der Waals surface area contributed by atoms with Crippen LogP contribution in [0.25, 0.3) is 0 Å². The number of nitrogens with two attached hydrogens (primary N) is 1. The maximum absolute atomic E-state index is 10.8. The summed E-state index contributed by atoms with van der Waals surface area (Å²) in [5, 5.41) is 4.07. The van der Waals surface area contributed by atoms with Crippen LogP contribution in [0.15, 0.2) is 64.2 Å². The van der Waals surface area contributed by atoms with Gasteiger partial charge in [0.2, 0.25) is 0 Å². The van der Waals surface area contributed by atoms with Crippen LogP contribution in [0, 0.1) is 0 Å². The molecule has 0 aliphatic carbocycles. The first kappa shape index (κ1) is 13.3. The molecule has 4 nitrogen and oxygen atoms in total. The molecular weight excluding hydrogens is 306 g/mol. The minimum absolute atomic E-state index is 0.659. The number of halogens is 1. The second-order valence-corrected chi connectivity index (χ2v) is 4.73. The Morgan fingerprint density at radius 3 is 2.16 bits per heavy atom. The van der Waals surface area contributed by atoms with Crippen LogP contribution in [0.1, 0.15) is 11.1 Å². The Labute approximate surface area is 119 Å². The third-order valence-corrected chi connectivity index (χ3v) is 2.97. The van der Waals surface area contributed by atoms with Crippen LogP contribution < -0.4 is 11.2 Å². The highest BCUT2D eigenvalue weighted by Gasteiger charge is 2.07. The fourth-order valence-corrected chi connectivity index (χ4v) is 1.87. The van der Waals surface area contributed by atoms with Crippen LogP contribution in [0.5, 0.6) is 0 Å². The molecule has 0 unspecified atom stereocenters. The average molecular weight is 318 g/mol. The molecule has 5 heteroatoms. The molecule has 96 valence electrons. The van der Waals surface area contributed by atoms with E-state index >= 15 is 0 Å². The monoisotopic (exact) mass is 317 g/mol. The van der Waals surface area contributed by atoms with E-state index in [0.717, 1.165) is 15.6 Å². The first-order valence-electron chi connectivity index (χ1n) is 5.61. The van der Waals surface area contributed by atoms with E-state index in [1.807, 2.05) is 54.6 Å². The number of nitrogens with one attached hydrogen (secondary N) is 1. The van der Waals surface area contributed by atoms with Crippen LogP contribution >= 0.6 is 15.9 Å².